The number of rotatable bonds is 6. The Morgan fingerprint density at radius 2 is 2.08 bits per heavy atom. The van der Waals surface area contributed by atoms with E-state index < -0.39 is 0 Å². The van der Waals surface area contributed by atoms with Gasteiger partial charge in [0, 0.05) is 12.8 Å². The van der Waals surface area contributed by atoms with E-state index in [1.54, 1.807) is 12.3 Å². The maximum Gasteiger partial charge on any atom is 0.337 e. The van der Waals surface area contributed by atoms with Gasteiger partial charge in [-0.3, -0.25) is 4.99 Å². The average molecular weight is 329 g/mol. The van der Waals surface area contributed by atoms with Gasteiger partial charge in [0.05, 0.1) is 12.7 Å². The fourth-order valence-electron chi connectivity index (χ4n) is 3.51. The lowest BCUT2D eigenvalue weighted by Gasteiger charge is -2.32. The Kier molecular flexibility index (Phi) is 6.59. The molecule has 0 atom stereocenters. The lowest BCUT2D eigenvalue weighted by atomic mass is 9.72. The highest BCUT2D eigenvalue weighted by atomic mass is 16.5. The average Bonchev–Trinajstić information content (AvgIpc) is 2.49. The van der Waals surface area contributed by atoms with Crippen LogP contribution in [0.3, 0.4) is 0 Å². The van der Waals surface area contributed by atoms with Crippen LogP contribution in [0.5, 0.6) is 0 Å². The summed E-state index contributed by atoms with van der Waals surface area (Å²) in [5.41, 5.74) is 3.48. The SMILES string of the molecule is COC(=O)C(/C=C/C1=C(C)CCCC1(C)C)=C/C=N/CC1CCC1. The number of carbonyl (C=O) groups is 1. The van der Waals surface area contributed by atoms with Crippen LogP contribution in [0.25, 0.3) is 0 Å². The van der Waals surface area contributed by atoms with Crippen LogP contribution in [0.2, 0.25) is 0 Å². The van der Waals surface area contributed by atoms with E-state index in [-0.39, 0.29) is 11.4 Å². The summed E-state index contributed by atoms with van der Waals surface area (Å²) in [6, 6.07) is 0. The van der Waals surface area contributed by atoms with Crippen molar-refractivity contribution in [3.63, 3.8) is 0 Å². The number of hydrogen-bond acceptors (Lipinski definition) is 3. The minimum absolute atomic E-state index is 0.165. The number of allylic oxidation sites excluding steroid dienone is 4. The van der Waals surface area contributed by atoms with Crippen LogP contribution >= 0.6 is 0 Å². The van der Waals surface area contributed by atoms with Crippen molar-refractivity contribution >= 4 is 12.2 Å². The Morgan fingerprint density at radius 1 is 1.33 bits per heavy atom. The molecule has 1 fully saturated rings. The minimum Gasteiger partial charge on any atom is -0.465 e. The zero-order valence-corrected chi connectivity index (χ0v) is 15.6. The van der Waals surface area contributed by atoms with Crippen LogP contribution in [0.1, 0.15) is 59.3 Å². The molecule has 24 heavy (non-hydrogen) atoms. The highest BCUT2D eigenvalue weighted by molar-refractivity contribution is 5.96. The zero-order valence-electron chi connectivity index (χ0n) is 15.6. The Morgan fingerprint density at radius 3 is 2.67 bits per heavy atom. The molecule has 3 heteroatoms. The Balaban J connectivity index is 2.11. The second-order valence-corrected chi connectivity index (χ2v) is 7.69. The number of aliphatic imine (C=N–C) groups is 1. The first-order chi connectivity index (χ1) is 11.4. The normalized spacial score (nSPS) is 22.2. The standard InChI is InChI=1S/C21H31NO2/c1-16-7-6-13-21(2,3)19(16)11-10-18(20(23)24-4)12-14-22-15-17-8-5-9-17/h10-12,14,17H,5-9,13,15H2,1-4H3/b11-10+,18-12+,22-14+. The molecule has 0 N–H and O–H groups in total. The van der Waals surface area contributed by atoms with Crippen LogP contribution in [0.15, 0.2) is 39.9 Å². The van der Waals surface area contributed by atoms with Gasteiger partial charge in [-0.2, -0.15) is 0 Å². The third-order valence-electron chi connectivity index (χ3n) is 5.34. The molecule has 0 spiro atoms. The van der Waals surface area contributed by atoms with Gasteiger partial charge in [-0.1, -0.05) is 31.9 Å². The van der Waals surface area contributed by atoms with Crippen molar-refractivity contribution in [2.45, 2.75) is 59.3 Å². The number of nitrogens with zero attached hydrogens (tertiary/aromatic N) is 1. The summed E-state index contributed by atoms with van der Waals surface area (Å²) in [5, 5.41) is 0. The van der Waals surface area contributed by atoms with Crippen LogP contribution < -0.4 is 0 Å². The highest BCUT2D eigenvalue weighted by Gasteiger charge is 2.26. The molecule has 0 heterocycles. The first-order valence-electron chi connectivity index (χ1n) is 9.11. The van der Waals surface area contributed by atoms with Crippen molar-refractivity contribution < 1.29 is 9.53 Å². The molecule has 0 amide bonds. The monoisotopic (exact) mass is 329 g/mol. The topological polar surface area (TPSA) is 38.7 Å². The van der Waals surface area contributed by atoms with E-state index in [9.17, 15) is 4.79 Å². The van der Waals surface area contributed by atoms with Crippen molar-refractivity contribution in [3.8, 4) is 0 Å². The summed E-state index contributed by atoms with van der Waals surface area (Å²) in [5.74, 6) is 0.427. The lowest BCUT2D eigenvalue weighted by Crippen LogP contribution is -2.19. The Bertz CT molecular complexity index is 575. The molecule has 132 valence electrons. The highest BCUT2D eigenvalue weighted by Crippen LogP contribution is 2.40. The number of esters is 1. The van der Waals surface area contributed by atoms with Crippen LogP contribution in [0.4, 0.5) is 0 Å². The van der Waals surface area contributed by atoms with Crippen molar-refractivity contribution in [3.05, 3.63) is 34.9 Å². The van der Waals surface area contributed by atoms with Gasteiger partial charge in [0.1, 0.15) is 0 Å². The van der Waals surface area contributed by atoms with Gasteiger partial charge in [-0.15, -0.1) is 0 Å². The molecule has 0 aromatic rings. The van der Waals surface area contributed by atoms with E-state index in [1.807, 2.05) is 6.08 Å². The molecule has 0 aliphatic heterocycles. The fourth-order valence-corrected chi connectivity index (χ4v) is 3.51. The second kappa shape index (κ2) is 8.46. The van der Waals surface area contributed by atoms with Crippen molar-refractivity contribution in [2.24, 2.45) is 16.3 Å². The van der Waals surface area contributed by atoms with Gasteiger partial charge in [-0.05, 0) is 68.1 Å². The molecular weight excluding hydrogens is 298 g/mol. The molecule has 3 nitrogen and oxygen atoms in total. The van der Waals surface area contributed by atoms with Gasteiger partial charge in [0.15, 0.2) is 0 Å². The van der Waals surface area contributed by atoms with Crippen LogP contribution in [-0.4, -0.2) is 25.8 Å². The predicted molar refractivity (Wildman–Crippen MR) is 100 cm³/mol. The van der Waals surface area contributed by atoms with E-state index in [0.29, 0.717) is 5.57 Å². The van der Waals surface area contributed by atoms with Crippen molar-refractivity contribution in [1.82, 2.24) is 0 Å². The molecule has 0 radical (unpaired) electrons. The molecule has 0 aromatic heterocycles. The fraction of sp³-hybridized carbons (Fsp3) is 0.619. The number of ether oxygens (including phenoxy) is 1. The molecule has 0 bridgehead atoms. The lowest BCUT2D eigenvalue weighted by molar-refractivity contribution is -0.135. The van der Waals surface area contributed by atoms with Gasteiger partial charge < -0.3 is 4.74 Å². The number of hydrogen-bond donors (Lipinski definition) is 0. The zero-order chi connectivity index (χ0) is 17.6. The summed E-state index contributed by atoms with van der Waals surface area (Å²) in [4.78, 5) is 16.4. The predicted octanol–water partition coefficient (Wildman–Crippen LogP) is 5.04. The van der Waals surface area contributed by atoms with E-state index >= 15 is 0 Å². The van der Waals surface area contributed by atoms with E-state index in [0.717, 1.165) is 18.9 Å². The Labute approximate surface area is 146 Å². The molecule has 0 unspecified atom stereocenters. The number of carbonyl (C=O) groups excluding carboxylic acids is 1. The van der Waals surface area contributed by atoms with Gasteiger partial charge >= 0.3 is 5.97 Å². The van der Waals surface area contributed by atoms with Gasteiger partial charge in [0.2, 0.25) is 0 Å². The summed E-state index contributed by atoms with van der Waals surface area (Å²) in [6.07, 6.45) is 15.0. The van der Waals surface area contributed by atoms with Gasteiger partial charge in [0.25, 0.3) is 0 Å². The number of methoxy groups -OCH3 is 1. The first-order valence-corrected chi connectivity index (χ1v) is 9.11. The van der Waals surface area contributed by atoms with Crippen LogP contribution in [0, 0.1) is 11.3 Å². The molecule has 0 saturated heterocycles. The summed E-state index contributed by atoms with van der Waals surface area (Å²) in [6.45, 7) is 7.61. The summed E-state index contributed by atoms with van der Waals surface area (Å²) < 4.78 is 4.91. The molecule has 2 rings (SSSR count). The Hall–Kier alpha value is -1.64. The maximum absolute atomic E-state index is 12.0. The maximum atomic E-state index is 12.0. The first kappa shape index (κ1) is 18.7. The third-order valence-corrected chi connectivity index (χ3v) is 5.34. The van der Waals surface area contributed by atoms with E-state index in [2.05, 4.69) is 31.8 Å². The largest absolute Gasteiger partial charge is 0.465 e. The second-order valence-electron chi connectivity index (χ2n) is 7.69. The summed E-state index contributed by atoms with van der Waals surface area (Å²) >= 11 is 0. The quantitative estimate of drug-likeness (QED) is 0.296. The minimum atomic E-state index is -0.312. The molecule has 2 aliphatic carbocycles. The van der Waals surface area contributed by atoms with E-state index in [1.165, 1.54) is 50.4 Å². The third kappa shape index (κ3) is 4.93. The van der Waals surface area contributed by atoms with Gasteiger partial charge in [-0.25, -0.2) is 4.79 Å². The molecular formula is C21H31NO2. The molecule has 0 aromatic carbocycles. The molecule has 2 aliphatic rings. The summed E-state index contributed by atoms with van der Waals surface area (Å²) in [7, 11) is 1.42. The molecule has 1 saturated carbocycles. The van der Waals surface area contributed by atoms with Crippen LogP contribution in [-0.2, 0) is 9.53 Å². The van der Waals surface area contributed by atoms with E-state index in [4.69, 9.17) is 4.74 Å². The smallest absolute Gasteiger partial charge is 0.337 e. The van der Waals surface area contributed by atoms with Crippen molar-refractivity contribution in [2.75, 3.05) is 13.7 Å². The van der Waals surface area contributed by atoms with Crippen molar-refractivity contribution in [1.29, 1.82) is 0 Å².